The number of nitrogens with two attached hydrogens (primary N) is 1. The lowest BCUT2D eigenvalue weighted by Crippen LogP contribution is -2.14. The number of amides is 1. The first-order valence-electron chi connectivity index (χ1n) is 9.33. The summed E-state index contributed by atoms with van der Waals surface area (Å²) in [4.78, 5) is 21.7. The Labute approximate surface area is 189 Å². The summed E-state index contributed by atoms with van der Waals surface area (Å²) in [7, 11) is 0. The number of rotatable bonds is 5. The Kier molecular flexibility index (Phi) is 9.18. The standard InChI is InChI=1S/C17H14ClF7O2.C3H7NO2/c1-6-11(19)13(21)7(14(22)12(6)20)5-27-15(26)10-8(16(10,2)3)4-9(18)17(23,24)25;1-2-6-3(4)5/h4,8,10H,5H2,1-3H3;2H2,1H3,(H2,4,5)/b9-4-;. The lowest BCUT2D eigenvalue weighted by atomic mass is 10.1. The molecule has 2 unspecified atom stereocenters. The fraction of sp³-hybridized carbons (Fsp3) is 0.500. The van der Waals surface area contributed by atoms with Crippen molar-refractivity contribution >= 4 is 23.7 Å². The molecule has 2 N–H and O–H groups in total. The van der Waals surface area contributed by atoms with Crippen LogP contribution in [0.2, 0.25) is 0 Å². The van der Waals surface area contributed by atoms with Crippen LogP contribution in [0.15, 0.2) is 11.1 Å². The number of ether oxygens (including phenoxy) is 2. The molecule has 1 saturated carbocycles. The van der Waals surface area contributed by atoms with E-state index in [0.29, 0.717) is 12.7 Å². The first kappa shape index (κ1) is 28.5. The van der Waals surface area contributed by atoms with E-state index in [1.807, 2.05) is 0 Å². The number of carbonyl (C=O) groups is 2. The van der Waals surface area contributed by atoms with E-state index in [1.54, 1.807) is 6.92 Å². The van der Waals surface area contributed by atoms with Crippen molar-refractivity contribution in [2.45, 2.75) is 40.5 Å². The number of esters is 1. The van der Waals surface area contributed by atoms with Crippen LogP contribution in [0, 0.1) is 47.4 Å². The van der Waals surface area contributed by atoms with Crippen LogP contribution in [0.25, 0.3) is 0 Å². The van der Waals surface area contributed by atoms with Crippen LogP contribution < -0.4 is 5.73 Å². The normalized spacial score (nSPS) is 19.3. The highest BCUT2D eigenvalue weighted by Crippen LogP contribution is 2.60. The van der Waals surface area contributed by atoms with E-state index in [0.717, 1.165) is 6.92 Å². The van der Waals surface area contributed by atoms with Crippen molar-refractivity contribution in [3.63, 3.8) is 0 Å². The lowest BCUT2D eigenvalue weighted by molar-refractivity contribution is -0.147. The van der Waals surface area contributed by atoms with E-state index < -0.39 is 81.5 Å². The monoisotopic (exact) mass is 507 g/mol. The average molecular weight is 508 g/mol. The average Bonchev–Trinajstić information content (AvgIpc) is 3.24. The van der Waals surface area contributed by atoms with Crippen LogP contribution in [0.1, 0.15) is 31.9 Å². The van der Waals surface area contributed by atoms with E-state index >= 15 is 0 Å². The fourth-order valence-electron chi connectivity index (χ4n) is 2.98. The Morgan fingerprint density at radius 1 is 1.06 bits per heavy atom. The number of allylic oxidation sites excluding steroid dienone is 2. The summed E-state index contributed by atoms with van der Waals surface area (Å²) in [6.07, 6.45) is -4.82. The summed E-state index contributed by atoms with van der Waals surface area (Å²) in [6.45, 7) is 4.74. The highest BCUT2D eigenvalue weighted by Gasteiger charge is 2.62. The molecule has 33 heavy (non-hydrogen) atoms. The van der Waals surface area contributed by atoms with Crippen LogP contribution in [0.5, 0.6) is 0 Å². The second kappa shape index (κ2) is 10.6. The molecule has 5 nitrogen and oxygen atoms in total. The molecular formula is C20H21ClF7NO4. The molecule has 0 radical (unpaired) electrons. The van der Waals surface area contributed by atoms with Crippen molar-refractivity contribution in [2.75, 3.05) is 6.61 Å². The van der Waals surface area contributed by atoms with E-state index in [9.17, 15) is 40.3 Å². The van der Waals surface area contributed by atoms with Gasteiger partial charge in [-0.05, 0) is 25.2 Å². The van der Waals surface area contributed by atoms with Gasteiger partial charge < -0.3 is 15.2 Å². The molecule has 13 heteroatoms. The first-order chi connectivity index (χ1) is 15.0. The number of halogens is 8. The molecule has 186 valence electrons. The Morgan fingerprint density at radius 3 is 1.91 bits per heavy atom. The Hall–Kier alpha value is -2.50. The SMILES string of the molecule is CCOC(N)=O.Cc1c(F)c(F)c(COC(=O)C2C(/C=C(\Cl)C(F)(F)F)C2(C)C)c(F)c1F. The fourth-order valence-corrected chi connectivity index (χ4v) is 3.12. The summed E-state index contributed by atoms with van der Waals surface area (Å²) in [5, 5.41) is -1.41. The van der Waals surface area contributed by atoms with Crippen molar-refractivity contribution in [3.05, 3.63) is 45.5 Å². The maximum atomic E-state index is 13.8. The van der Waals surface area contributed by atoms with Crippen molar-refractivity contribution in [1.82, 2.24) is 0 Å². The Morgan fingerprint density at radius 2 is 1.55 bits per heavy atom. The van der Waals surface area contributed by atoms with Crippen LogP contribution in [0.3, 0.4) is 0 Å². The number of hydrogen-bond acceptors (Lipinski definition) is 4. The molecule has 0 saturated heterocycles. The molecule has 1 fully saturated rings. The van der Waals surface area contributed by atoms with Gasteiger partial charge in [0.25, 0.3) is 0 Å². The molecule has 2 rings (SSSR count). The zero-order valence-electron chi connectivity index (χ0n) is 17.9. The van der Waals surface area contributed by atoms with Gasteiger partial charge in [0.15, 0.2) is 23.3 Å². The molecule has 0 aliphatic heterocycles. The van der Waals surface area contributed by atoms with Crippen molar-refractivity contribution < 1.29 is 49.8 Å². The minimum atomic E-state index is -4.78. The summed E-state index contributed by atoms with van der Waals surface area (Å²) in [5.41, 5.74) is 1.61. The minimum Gasteiger partial charge on any atom is -0.460 e. The summed E-state index contributed by atoms with van der Waals surface area (Å²) < 4.78 is 101. The van der Waals surface area contributed by atoms with Gasteiger partial charge >= 0.3 is 18.2 Å². The third-order valence-electron chi connectivity index (χ3n) is 4.98. The van der Waals surface area contributed by atoms with Gasteiger partial charge in [-0.1, -0.05) is 31.5 Å². The van der Waals surface area contributed by atoms with Gasteiger partial charge in [0.1, 0.15) is 11.6 Å². The third-order valence-corrected chi connectivity index (χ3v) is 5.32. The smallest absolute Gasteiger partial charge is 0.426 e. The molecule has 1 aromatic rings. The van der Waals surface area contributed by atoms with Crippen molar-refractivity contribution in [1.29, 1.82) is 0 Å². The van der Waals surface area contributed by atoms with Gasteiger partial charge in [-0.3, -0.25) is 4.79 Å². The van der Waals surface area contributed by atoms with E-state index in [-0.39, 0.29) is 0 Å². The lowest BCUT2D eigenvalue weighted by Gasteiger charge is -2.10. The molecular weight excluding hydrogens is 487 g/mol. The van der Waals surface area contributed by atoms with Gasteiger partial charge in [-0.2, -0.15) is 13.2 Å². The van der Waals surface area contributed by atoms with E-state index in [1.165, 1.54) is 13.8 Å². The number of primary amides is 1. The number of alkyl halides is 3. The quantitative estimate of drug-likeness (QED) is 0.317. The second-order valence-corrected chi connectivity index (χ2v) is 7.96. The van der Waals surface area contributed by atoms with Crippen LogP contribution in [-0.2, 0) is 20.9 Å². The largest absolute Gasteiger partial charge is 0.460 e. The zero-order chi connectivity index (χ0) is 25.9. The van der Waals surface area contributed by atoms with E-state index in [2.05, 4.69) is 10.5 Å². The van der Waals surface area contributed by atoms with Crippen molar-refractivity contribution in [3.8, 4) is 0 Å². The third kappa shape index (κ3) is 6.75. The minimum absolute atomic E-state index is 0.356. The molecule has 1 amide bonds. The van der Waals surface area contributed by atoms with Gasteiger partial charge in [-0.25, -0.2) is 22.4 Å². The molecule has 0 spiro atoms. The Bertz CT molecular complexity index is 918. The summed E-state index contributed by atoms with van der Waals surface area (Å²) in [6, 6.07) is 0. The molecule has 2 atom stereocenters. The van der Waals surface area contributed by atoms with E-state index in [4.69, 9.17) is 16.3 Å². The number of hydrogen-bond donors (Lipinski definition) is 1. The van der Waals surface area contributed by atoms with Crippen LogP contribution >= 0.6 is 11.6 Å². The number of benzene rings is 1. The molecule has 1 aliphatic rings. The molecule has 0 heterocycles. The van der Waals surface area contributed by atoms with Crippen molar-refractivity contribution in [2.24, 2.45) is 23.0 Å². The topological polar surface area (TPSA) is 78.6 Å². The van der Waals surface area contributed by atoms with Gasteiger partial charge in [0.2, 0.25) is 0 Å². The molecule has 0 aromatic heterocycles. The van der Waals surface area contributed by atoms with Crippen LogP contribution in [0.4, 0.5) is 35.5 Å². The molecule has 0 bridgehead atoms. The van der Waals surface area contributed by atoms with Gasteiger partial charge in [0, 0.05) is 5.56 Å². The maximum absolute atomic E-state index is 13.8. The van der Waals surface area contributed by atoms with Gasteiger partial charge in [-0.15, -0.1) is 0 Å². The maximum Gasteiger partial charge on any atom is 0.426 e. The van der Waals surface area contributed by atoms with Crippen LogP contribution in [-0.4, -0.2) is 24.8 Å². The number of carbonyl (C=O) groups excluding carboxylic acids is 2. The predicted octanol–water partition coefficient (Wildman–Crippen LogP) is 5.65. The second-order valence-electron chi connectivity index (χ2n) is 7.56. The zero-order valence-corrected chi connectivity index (χ0v) is 18.6. The Balaban J connectivity index is 0.000000801. The van der Waals surface area contributed by atoms with Gasteiger partial charge in [0.05, 0.1) is 18.1 Å². The molecule has 1 aliphatic carbocycles. The highest BCUT2D eigenvalue weighted by molar-refractivity contribution is 6.30. The first-order valence-corrected chi connectivity index (χ1v) is 9.70. The highest BCUT2D eigenvalue weighted by atomic mass is 35.5. The predicted molar refractivity (Wildman–Crippen MR) is 103 cm³/mol. The summed E-state index contributed by atoms with van der Waals surface area (Å²) >= 11 is 5.15. The summed E-state index contributed by atoms with van der Waals surface area (Å²) in [5.74, 6) is -9.68. The molecule has 1 aromatic carbocycles.